The standard InChI is InChI=1S/C19H27N3O3/c23-18-10-4-9-17(21-18)19(24)20-15-6-5-11-22(14-15)12-13-25-16-7-2-1-3-8-16/h1-3,7-8,15,17H,4-6,9-14H2,(H,20,24)(H,21,23)/t15-,17+/m0/s1. The summed E-state index contributed by atoms with van der Waals surface area (Å²) in [4.78, 5) is 26.1. The molecule has 0 bridgehead atoms. The molecule has 2 heterocycles. The zero-order valence-electron chi connectivity index (χ0n) is 14.6. The van der Waals surface area contributed by atoms with Gasteiger partial charge in [-0.05, 0) is 44.4 Å². The first-order valence-corrected chi connectivity index (χ1v) is 9.20. The van der Waals surface area contributed by atoms with Crippen molar-refractivity contribution < 1.29 is 14.3 Å². The number of benzene rings is 1. The SMILES string of the molecule is O=C1CCC[C@H](C(=O)N[C@H]2CCCN(CCOc3ccccc3)C2)N1. The number of rotatable bonds is 6. The molecule has 6 heteroatoms. The van der Waals surface area contributed by atoms with E-state index in [1.165, 1.54) is 0 Å². The highest BCUT2D eigenvalue weighted by atomic mass is 16.5. The number of amides is 2. The molecule has 2 amide bonds. The molecule has 25 heavy (non-hydrogen) atoms. The Kier molecular flexibility index (Phi) is 6.28. The van der Waals surface area contributed by atoms with Crippen molar-refractivity contribution in [1.29, 1.82) is 0 Å². The van der Waals surface area contributed by atoms with E-state index in [0.29, 0.717) is 13.0 Å². The Morgan fingerprint density at radius 3 is 2.88 bits per heavy atom. The maximum Gasteiger partial charge on any atom is 0.242 e. The maximum absolute atomic E-state index is 12.3. The van der Waals surface area contributed by atoms with E-state index in [0.717, 1.165) is 51.1 Å². The van der Waals surface area contributed by atoms with Gasteiger partial charge in [-0.2, -0.15) is 0 Å². The minimum atomic E-state index is -0.363. The minimum Gasteiger partial charge on any atom is -0.492 e. The molecule has 136 valence electrons. The van der Waals surface area contributed by atoms with Gasteiger partial charge in [-0.1, -0.05) is 18.2 Å². The van der Waals surface area contributed by atoms with E-state index in [4.69, 9.17) is 4.74 Å². The molecule has 0 spiro atoms. The van der Waals surface area contributed by atoms with Crippen LogP contribution in [0.4, 0.5) is 0 Å². The molecule has 0 aliphatic carbocycles. The third kappa shape index (κ3) is 5.46. The number of ether oxygens (including phenoxy) is 1. The van der Waals surface area contributed by atoms with Crippen molar-refractivity contribution in [2.75, 3.05) is 26.2 Å². The van der Waals surface area contributed by atoms with Crippen LogP contribution in [0.3, 0.4) is 0 Å². The number of likely N-dealkylation sites (tertiary alicyclic amines) is 1. The second-order valence-corrected chi connectivity index (χ2v) is 6.82. The molecule has 1 aromatic rings. The lowest BCUT2D eigenvalue weighted by molar-refractivity contribution is -0.131. The van der Waals surface area contributed by atoms with Gasteiger partial charge in [-0.15, -0.1) is 0 Å². The Morgan fingerprint density at radius 2 is 2.08 bits per heavy atom. The Morgan fingerprint density at radius 1 is 1.24 bits per heavy atom. The monoisotopic (exact) mass is 345 g/mol. The van der Waals surface area contributed by atoms with Crippen LogP contribution in [0.5, 0.6) is 5.75 Å². The molecule has 0 aromatic heterocycles. The van der Waals surface area contributed by atoms with Gasteiger partial charge in [0.15, 0.2) is 0 Å². The molecule has 2 aliphatic rings. The summed E-state index contributed by atoms with van der Waals surface area (Å²) in [7, 11) is 0. The van der Waals surface area contributed by atoms with E-state index in [1.54, 1.807) is 0 Å². The largest absolute Gasteiger partial charge is 0.492 e. The normalized spacial score (nSPS) is 24.4. The summed E-state index contributed by atoms with van der Waals surface area (Å²) in [6, 6.07) is 9.60. The zero-order chi connectivity index (χ0) is 17.5. The Bertz CT molecular complexity index is 579. The fraction of sp³-hybridized carbons (Fsp3) is 0.579. The first kappa shape index (κ1) is 17.7. The Balaban J connectivity index is 1.40. The number of nitrogens with one attached hydrogen (secondary N) is 2. The predicted molar refractivity (Wildman–Crippen MR) is 95.3 cm³/mol. The van der Waals surface area contributed by atoms with Crippen LogP contribution in [0.15, 0.2) is 30.3 Å². The van der Waals surface area contributed by atoms with Crippen LogP contribution < -0.4 is 15.4 Å². The second kappa shape index (κ2) is 8.85. The zero-order valence-corrected chi connectivity index (χ0v) is 14.6. The van der Waals surface area contributed by atoms with E-state index in [2.05, 4.69) is 15.5 Å². The predicted octanol–water partition coefficient (Wildman–Crippen LogP) is 1.31. The molecule has 0 radical (unpaired) electrons. The number of nitrogens with zero attached hydrogens (tertiary/aromatic N) is 1. The topological polar surface area (TPSA) is 70.7 Å². The number of hydrogen-bond acceptors (Lipinski definition) is 4. The first-order valence-electron chi connectivity index (χ1n) is 9.20. The molecule has 0 unspecified atom stereocenters. The van der Waals surface area contributed by atoms with Gasteiger partial charge < -0.3 is 15.4 Å². The van der Waals surface area contributed by atoms with Crippen molar-refractivity contribution in [3.05, 3.63) is 30.3 Å². The van der Waals surface area contributed by atoms with Crippen molar-refractivity contribution >= 4 is 11.8 Å². The van der Waals surface area contributed by atoms with Gasteiger partial charge in [0.05, 0.1) is 0 Å². The summed E-state index contributed by atoms with van der Waals surface area (Å²) in [5.74, 6) is 0.826. The van der Waals surface area contributed by atoms with Crippen molar-refractivity contribution in [3.8, 4) is 5.75 Å². The number of para-hydroxylation sites is 1. The van der Waals surface area contributed by atoms with E-state index in [1.807, 2.05) is 30.3 Å². The van der Waals surface area contributed by atoms with Crippen molar-refractivity contribution in [2.24, 2.45) is 0 Å². The minimum absolute atomic E-state index is 0.0188. The molecule has 2 atom stereocenters. The first-order chi connectivity index (χ1) is 12.2. The van der Waals surface area contributed by atoms with Crippen LogP contribution in [0.1, 0.15) is 32.1 Å². The van der Waals surface area contributed by atoms with E-state index in [9.17, 15) is 9.59 Å². The highest BCUT2D eigenvalue weighted by Crippen LogP contribution is 2.13. The van der Waals surface area contributed by atoms with Gasteiger partial charge in [0.1, 0.15) is 18.4 Å². The quantitative estimate of drug-likeness (QED) is 0.816. The van der Waals surface area contributed by atoms with Crippen LogP contribution in [0.25, 0.3) is 0 Å². The van der Waals surface area contributed by atoms with Crippen LogP contribution in [0, 0.1) is 0 Å². The van der Waals surface area contributed by atoms with Crippen LogP contribution >= 0.6 is 0 Å². The van der Waals surface area contributed by atoms with Crippen molar-refractivity contribution in [2.45, 2.75) is 44.2 Å². The molecule has 2 fully saturated rings. The summed E-state index contributed by atoms with van der Waals surface area (Å²) >= 11 is 0. The lowest BCUT2D eigenvalue weighted by Gasteiger charge is -2.34. The Labute approximate surface area is 148 Å². The lowest BCUT2D eigenvalue weighted by Crippen LogP contribution is -2.55. The fourth-order valence-electron chi connectivity index (χ4n) is 3.49. The fourth-order valence-corrected chi connectivity index (χ4v) is 3.49. The number of piperidine rings is 2. The highest BCUT2D eigenvalue weighted by molar-refractivity contribution is 5.88. The summed E-state index contributed by atoms with van der Waals surface area (Å²) < 4.78 is 5.76. The molecule has 3 rings (SSSR count). The number of carbonyl (C=O) groups excluding carboxylic acids is 2. The van der Waals surface area contributed by atoms with Crippen LogP contribution in [-0.4, -0.2) is 55.0 Å². The Hall–Kier alpha value is -2.08. The molecule has 0 saturated carbocycles. The van der Waals surface area contributed by atoms with Gasteiger partial charge in [-0.3, -0.25) is 14.5 Å². The number of carbonyl (C=O) groups is 2. The van der Waals surface area contributed by atoms with Crippen LogP contribution in [0.2, 0.25) is 0 Å². The van der Waals surface area contributed by atoms with Gasteiger partial charge >= 0.3 is 0 Å². The number of hydrogen-bond donors (Lipinski definition) is 2. The van der Waals surface area contributed by atoms with E-state index >= 15 is 0 Å². The summed E-state index contributed by atoms with van der Waals surface area (Å²) in [6.45, 7) is 3.36. The third-order valence-electron chi connectivity index (χ3n) is 4.82. The lowest BCUT2D eigenvalue weighted by atomic mass is 10.0. The van der Waals surface area contributed by atoms with E-state index < -0.39 is 0 Å². The second-order valence-electron chi connectivity index (χ2n) is 6.82. The average molecular weight is 345 g/mol. The maximum atomic E-state index is 12.3. The summed E-state index contributed by atoms with van der Waals surface area (Å²) in [5.41, 5.74) is 0. The van der Waals surface area contributed by atoms with Gasteiger partial charge in [0.2, 0.25) is 11.8 Å². The van der Waals surface area contributed by atoms with E-state index in [-0.39, 0.29) is 23.9 Å². The molecule has 2 aliphatic heterocycles. The van der Waals surface area contributed by atoms with Gasteiger partial charge in [-0.25, -0.2) is 0 Å². The smallest absolute Gasteiger partial charge is 0.242 e. The van der Waals surface area contributed by atoms with Crippen molar-refractivity contribution in [1.82, 2.24) is 15.5 Å². The van der Waals surface area contributed by atoms with Gasteiger partial charge in [0, 0.05) is 25.6 Å². The molecule has 2 N–H and O–H groups in total. The molecular weight excluding hydrogens is 318 g/mol. The van der Waals surface area contributed by atoms with Crippen LogP contribution in [-0.2, 0) is 9.59 Å². The molecule has 6 nitrogen and oxygen atoms in total. The molecule has 1 aromatic carbocycles. The molecular formula is C19H27N3O3. The van der Waals surface area contributed by atoms with Crippen molar-refractivity contribution in [3.63, 3.8) is 0 Å². The third-order valence-corrected chi connectivity index (χ3v) is 4.82. The highest BCUT2D eigenvalue weighted by Gasteiger charge is 2.28. The van der Waals surface area contributed by atoms with Gasteiger partial charge in [0.25, 0.3) is 0 Å². The summed E-state index contributed by atoms with van der Waals surface area (Å²) in [6.07, 6.45) is 4.11. The summed E-state index contributed by atoms with van der Waals surface area (Å²) in [5, 5.41) is 5.90. The average Bonchev–Trinajstić information content (AvgIpc) is 2.63. The molecule has 2 saturated heterocycles.